The Morgan fingerprint density at radius 1 is 1.06 bits per heavy atom. The van der Waals surface area contributed by atoms with E-state index in [4.69, 9.17) is 15.2 Å². The predicted molar refractivity (Wildman–Crippen MR) is 71.2 cm³/mol. The summed E-state index contributed by atoms with van der Waals surface area (Å²) in [5, 5.41) is 0. The van der Waals surface area contributed by atoms with Gasteiger partial charge in [-0.1, -0.05) is 6.07 Å². The maximum Gasteiger partial charge on any atom is 0.240 e. The van der Waals surface area contributed by atoms with Crippen LogP contribution in [0.25, 0.3) is 0 Å². The van der Waals surface area contributed by atoms with Crippen molar-refractivity contribution in [1.82, 2.24) is 4.98 Å². The summed E-state index contributed by atoms with van der Waals surface area (Å²) < 4.78 is 10.7. The second-order valence-electron chi connectivity index (χ2n) is 4.17. The molecule has 0 spiro atoms. The summed E-state index contributed by atoms with van der Waals surface area (Å²) >= 11 is 0. The van der Waals surface area contributed by atoms with Gasteiger partial charge in [-0.3, -0.25) is 0 Å². The maximum absolute atomic E-state index is 5.70. The Balaban J connectivity index is 2.28. The first-order chi connectivity index (χ1) is 8.58. The average Bonchev–Trinajstić information content (AvgIpc) is 2.30. The van der Waals surface area contributed by atoms with Crippen LogP contribution in [0.15, 0.2) is 30.3 Å². The largest absolute Gasteiger partial charge is 0.479 e. The third kappa shape index (κ3) is 2.71. The number of nitrogens with two attached hydrogens (primary N) is 1. The van der Waals surface area contributed by atoms with Crippen molar-refractivity contribution in [2.45, 2.75) is 13.8 Å². The van der Waals surface area contributed by atoms with Gasteiger partial charge in [-0.2, -0.15) is 4.98 Å². The molecule has 0 unspecified atom stereocenters. The highest BCUT2D eigenvalue weighted by atomic mass is 16.5. The summed E-state index contributed by atoms with van der Waals surface area (Å²) in [6.07, 6.45) is 0. The first-order valence-electron chi connectivity index (χ1n) is 5.65. The molecule has 0 aliphatic rings. The van der Waals surface area contributed by atoms with Crippen LogP contribution in [0.2, 0.25) is 0 Å². The van der Waals surface area contributed by atoms with E-state index in [9.17, 15) is 0 Å². The number of methoxy groups -OCH3 is 1. The predicted octanol–water partition coefficient (Wildman–Crippen LogP) is 3.08. The van der Waals surface area contributed by atoms with Crippen molar-refractivity contribution in [1.29, 1.82) is 0 Å². The van der Waals surface area contributed by atoms with Crippen molar-refractivity contribution in [3.63, 3.8) is 0 Å². The van der Waals surface area contributed by atoms with Crippen LogP contribution >= 0.6 is 0 Å². The second kappa shape index (κ2) is 4.96. The van der Waals surface area contributed by atoms with Crippen molar-refractivity contribution in [3.8, 4) is 17.5 Å². The molecule has 0 aliphatic carbocycles. The molecule has 4 nitrogen and oxygen atoms in total. The van der Waals surface area contributed by atoms with Crippen LogP contribution < -0.4 is 15.2 Å². The van der Waals surface area contributed by atoms with Gasteiger partial charge in [0, 0.05) is 6.07 Å². The monoisotopic (exact) mass is 244 g/mol. The van der Waals surface area contributed by atoms with Crippen LogP contribution in [-0.2, 0) is 0 Å². The van der Waals surface area contributed by atoms with Gasteiger partial charge in [-0.25, -0.2) is 0 Å². The van der Waals surface area contributed by atoms with Crippen LogP contribution in [-0.4, -0.2) is 12.1 Å². The Kier molecular flexibility index (Phi) is 3.37. The van der Waals surface area contributed by atoms with Crippen molar-refractivity contribution in [2.24, 2.45) is 0 Å². The first kappa shape index (κ1) is 12.2. The molecule has 18 heavy (non-hydrogen) atoms. The van der Waals surface area contributed by atoms with E-state index in [0.29, 0.717) is 17.4 Å². The molecule has 0 atom stereocenters. The number of nitrogen functional groups attached to an aromatic ring is 1. The molecule has 1 aromatic carbocycles. The van der Waals surface area contributed by atoms with E-state index < -0.39 is 0 Å². The number of ether oxygens (including phenoxy) is 2. The smallest absolute Gasteiger partial charge is 0.240 e. The number of benzene rings is 1. The lowest BCUT2D eigenvalue weighted by molar-refractivity contribution is 0.385. The van der Waals surface area contributed by atoms with Crippen LogP contribution in [0.4, 0.5) is 5.69 Å². The average molecular weight is 244 g/mol. The fourth-order valence-electron chi connectivity index (χ4n) is 1.77. The number of aryl methyl sites for hydroxylation is 2. The summed E-state index contributed by atoms with van der Waals surface area (Å²) in [5.41, 5.74) is 8.48. The van der Waals surface area contributed by atoms with Gasteiger partial charge in [0.15, 0.2) is 0 Å². The first-order valence-corrected chi connectivity index (χ1v) is 5.65. The minimum atomic E-state index is 0.372. The number of aromatic nitrogens is 1. The van der Waals surface area contributed by atoms with Gasteiger partial charge in [0.1, 0.15) is 5.75 Å². The lowest BCUT2D eigenvalue weighted by Crippen LogP contribution is -1.97. The molecule has 1 heterocycles. The van der Waals surface area contributed by atoms with E-state index in [1.165, 1.54) is 7.11 Å². The number of hydrogen-bond acceptors (Lipinski definition) is 4. The summed E-state index contributed by atoms with van der Waals surface area (Å²) in [6, 6.07) is 9.43. The minimum Gasteiger partial charge on any atom is -0.479 e. The normalized spacial score (nSPS) is 10.2. The van der Waals surface area contributed by atoms with E-state index >= 15 is 0 Å². The van der Waals surface area contributed by atoms with Crippen molar-refractivity contribution in [3.05, 3.63) is 41.5 Å². The molecule has 4 heteroatoms. The van der Waals surface area contributed by atoms with Gasteiger partial charge in [0.2, 0.25) is 11.8 Å². The lowest BCUT2D eigenvalue weighted by Gasteiger charge is -2.09. The molecule has 0 bridgehead atoms. The molecular formula is C14H16N2O2. The van der Waals surface area contributed by atoms with Crippen LogP contribution in [0.1, 0.15) is 11.1 Å². The van der Waals surface area contributed by atoms with Crippen molar-refractivity contribution < 1.29 is 9.47 Å². The molecule has 0 fully saturated rings. The van der Waals surface area contributed by atoms with Gasteiger partial charge < -0.3 is 15.2 Å². The maximum atomic E-state index is 5.70. The fraction of sp³-hybridized carbons (Fsp3) is 0.214. The molecule has 0 saturated heterocycles. The Hall–Kier alpha value is -2.23. The van der Waals surface area contributed by atoms with E-state index in [1.54, 1.807) is 12.1 Å². The lowest BCUT2D eigenvalue weighted by atomic mass is 10.1. The van der Waals surface area contributed by atoms with Gasteiger partial charge in [-0.15, -0.1) is 0 Å². The Bertz CT molecular complexity index is 547. The molecule has 0 saturated carbocycles. The molecule has 0 amide bonds. The van der Waals surface area contributed by atoms with E-state index in [2.05, 4.69) is 11.1 Å². The van der Waals surface area contributed by atoms with Crippen LogP contribution in [0.5, 0.6) is 17.5 Å². The zero-order valence-corrected chi connectivity index (χ0v) is 10.7. The fourth-order valence-corrected chi connectivity index (χ4v) is 1.77. The molecular weight excluding hydrogens is 228 g/mol. The highest BCUT2D eigenvalue weighted by molar-refractivity contribution is 5.49. The molecule has 0 radical (unpaired) electrons. The number of pyridine rings is 1. The molecule has 1 aromatic heterocycles. The number of rotatable bonds is 3. The standard InChI is InChI=1S/C14H16N2O2/c1-9-6-10(2)8-11(7-9)18-13-5-4-12(15)14(16-13)17-3/h4-8H,15H2,1-3H3. The van der Waals surface area contributed by atoms with E-state index in [-0.39, 0.29) is 0 Å². The van der Waals surface area contributed by atoms with Crippen molar-refractivity contribution in [2.75, 3.05) is 12.8 Å². The molecule has 2 rings (SSSR count). The molecule has 2 aromatic rings. The van der Waals surface area contributed by atoms with Crippen LogP contribution in [0.3, 0.4) is 0 Å². The van der Waals surface area contributed by atoms with Gasteiger partial charge in [0.25, 0.3) is 0 Å². The Morgan fingerprint density at radius 3 is 2.33 bits per heavy atom. The molecule has 2 N–H and O–H groups in total. The molecule has 0 aliphatic heterocycles. The number of anilines is 1. The minimum absolute atomic E-state index is 0.372. The Labute approximate surface area is 106 Å². The van der Waals surface area contributed by atoms with Crippen LogP contribution in [0, 0.1) is 13.8 Å². The highest BCUT2D eigenvalue weighted by Crippen LogP contribution is 2.26. The second-order valence-corrected chi connectivity index (χ2v) is 4.17. The quantitative estimate of drug-likeness (QED) is 0.901. The topological polar surface area (TPSA) is 57.4 Å². The summed E-state index contributed by atoms with van der Waals surface area (Å²) in [7, 11) is 1.53. The van der Waals surface area contributed by atoms with Gasteiger partial charge >= 0.3 is 0 Å². The van der Waals surface area contributed by atoms with E-state index in [0.717, 1.165) is 16.9 Å². The van der Waals surface area contributed by atoms with Gasteiger partial charge in [0.05, 0.1) is 12.8 Å². The number of hydrogen-bond donors (Lipinski definition) is 1. The highest BCUT2D eigenvalue weighted by Gasteiger charge is 2.05. The zero-order chi connectivity index (χ0) is 13.1. The summed E-state index contributed by atoms with van der Waals surface area (Å²) in [6.45, 7) is 4.05. The molecule has 94 valence electrons. The number of nitrogens with zero attached hydrogens (tertiary/aromatic N) is 1. The summed E-state index contributed by atoms with van der Waals surface area (Å²) in [4.78, 5) is 4.18. The zero-order valence-electron chi connectivity index (χ0n) is 10.7. The van der Waals surface area contributed by atoms with E-state index in [1.807, 2.05) is 26.0 Å². The SMILES string of the molecule is COc1nc(Oc2cc(C)cc(C)c2)ccc1N. The van der Waals surface area contributed by atoms with Crippen molar-refractivity contribution >= 4 is 5.69 Å². The van der Waals surface area contributed by atoms with Gasteiger partial charge in [-0.05, 0) is 43.2 Å². The third-order valence-electron chi connectivity index (χ3n) is 2.48. The third-order valence-corrected chi connectivity index (χ3v) is 2.48. The summed E-state index contributed by atoms with van der Waals surface area (Å²) in [5.74, 6) is 1.59. The Morgan fingerprint density at radius 2 is 1.72 bits per heavy atom.